The van der Waals surface area contributed by atoms with Crippen molar-refractivity contribution in [3.63, 3.8) is 0 Å². The molecule has 0 bridgehead atoms. The Labute approximate surface area is 79.1 Å². The lowest BCUT2D eigenvalue weighted by atomic mass is 10.2. The van der Waals surface area contributed by atoms with Crippen LogP contribution in [0.5, 0.6) is 0 Å². The van der Waals surface area contributed by atoms with Crippen LogP contribution in [0.15, 0.2) is 0 Å². The second-order valence-electron chi connectivity index (χ2n) is 3.08. The van der Waals surface area contributed by atoms with Crippen molar-refractivity contribution < 1.29 is 14.6 Å². The summed E-state index contributed by atoms with van der Waals surface area (Å²) in [6, 6.07) is -0.883. The van der Waals surface area contributed by atoms with Crippen molar-refractivity contribution in [3.05, 3.63) is 0 Å². The molecule has 0 heterocycles. The van der Waals surface area contributed by atoms with Crippen LogP contribution in [0.25, 0.3) is 0 Å². The van der Waals surface area contributed by atoms with Crippen molar-refractivity contribution in [1.82, 2.24) is 0 Å². The summed E-state index contributed by atoms with van der Waals surface area (Å²) in [6.45, 7) is 2.86. The Kier molecular flexibility index (Phi) is 7.63. The van der Waals surface area contributed by atoms with Crippen molar-refractivity contribution in [1.29, 1.82) is 0 Å². The molecule has 4 heteroatoms. The van der Waals surface area contributed by atoms with E-state index >= 15 is 0 Å². The number of carboxylic acid groups (broad SMARTS) is 1. The summed E-state index contributed by atoms with van der Waals surface area (Å²) in [5.74, 6) is -1.01. The van der Waals surface area contributed by atoms with E-state index in [1.54, 1.807) is 0 Å². The van der Waals surface area contributed by atoms with Crippen molar-refractivity contribution >= 4 is 5.97 Å². The smallest absolute Gasteiger partial charge is 0.322 e. The van der Waals surface area contributed by atoms with Gasteiger partial charge in [-0.2, -0.15) is 0 Å². The second kappa shape index (κ2) is 8.01. The lowest BCUT2D eigenvalue weighted by molar-refractivity contribution is -0.140. The van der Waals surface area contributed by atoms with Gasteiger partial charge in [0, 0.05) is 6.61 Å². The number of unbranched alkanes of at least 4 members (excludes halogenated alkanes) is 3. The summed E-state index contributed by atoms with van der Waals surface area (Å²) in [4.78, 5) is 10.3. The molecule has 0 rings (SSSR count). The predicted molar refractivity (Wildman–Crippen MR) is 50.6 cm³/mol. The zero-order valence-electron chi connectivity index (χ0n) is 8.16. The summed E-state index contributed by atoms with van der Waals surface area (Å²) in [5.41, 5.74) is 5.23. The molecule has 0 saturated heterocycles. The Hall–Kier alpha value is -0.610. The standard InChI is InChI=1S/C9H19NO3/c1-2-3-4-5-6-13-7-8(10)9(11)12/h8H,2-7,10H2,1H3,(H,11,12)/t8-/m1/s1. The number of hydrogen-bond donors (Lipinski definition) is 2. The molecule has 13 heavy (non-hydrogen) atoms. The van der Waals surface area contributed by atoms with Gasteiger partial charge in [-0.1, -0.05) is 26.2 Å². The van der Waals surface area contributed by atoms with E-state index in [1.807, 2.05) is 0 Å². The number of nitrogens with two attached hydrogens (primary N) is 1. The highest BCUT2D eigenvalue weighted by Crippen LogP contribution is 1.98. The van der Waals surface area contributed by atoms with Gasteiger partial charge in [-0.15, -0.1) is 0 Å². The third-order valence-corrected chi connectivity index (χ3v) is 1.76. The summed E-state index contributed by atoms with van der Waals surface area (Å²) >= 11 is 0. The van der Waals surface area contributed by atoms with Crippen LogP contribution in [0.3, 0.4) is 0 Å². The third kappa shape index (κ3) is 7.74. The molecule has 4 nitrogen and oxygen atoms in total. The number of hydrogen-bond acceptors (Lipinski definition) is 3. The van der Waals surface area contributed by atoms with Crippen molar-refractivity contribution in [3.8, 4) is 0 Å². The summed E-state index contributed by atoms with van der Waals surface area (Å²) < 4.78 is 5.10. The van der Waals surface area contributed by atoms with Crippen LogP contribution in [0.2, 0.25) is 0 Å². The van der Waals surface area contributed by atoms with Crippen LogP contribution in [0, 0.1) is 0 Å². The monoisotopic (exact) mass is 189 g/mol. The van der Waals surface area contributed by atoms with Crippen LogP contribution in [-0.2, 0) is 9.53 Å². The number of carboxylic acids is 1. The van der Waals surface area contributed by atoms with Crippen LogP contribution >= 0.6 is 0 Å². The first-order chi connectivity index (χ1) is 6.18. The Morgan fingerprint density at radius 1 is 1.46 bits per heavy atom. The molecule has 0 saturated carbocycles. The quantitative estimate of drug-likeness (QED) is 0.559. The predicted octanol–water partition coefficient (Wildman–Crippen LogP) is 0.995. The lowest BCUT2D eigenvalue weighted by Crippen LogP contribution is -2.34. The topological polar surface area (TPSA) is 72.5 Å². The number of rotatable bonds is 8. The van der Waals surface area contributed by atoms with Crippen molar-refractivity contribution in [2.24, 2.45) is 5.73 Å². The SMILES string of the molecule is CCCCCCOC[C@@H](N)C(=O)O. The van der Waals surface area contributed by atoms with Crippen molar-refractivity contribution in [2.45, 2.75) is 38.6 Å². The normalized spacial score (nSPS) is 12.8. The fourth-order valence-electron chi connectivity index (χ4n) is 0.912. The zero-order chi connectivity index (χ0) is 10.1. The summed E-state index contributed by atoms with van der Waals surface area (Å²) in [6.07, 6.45) is 4.52. The minimum atomic E-state index is -1.01. The van der Waals surface area contributed by atoms with Crippen LogP contribution in [0.4, 0.5) is 0 Å². The van der Waals surface area contributed by atoms with E-state index in [0.29, 0.717) is 6.61 Å². The summed E-state index contributed by atoms with van der Waals surface area (Å²) in [7, 11) is 0. The first kappa shape index (κ1) is 12.4. The molecule has 0 spiro atoms. The van der Waals surface area contributed by atoms with E-state index in [0.717, 1.165) is 12.8 Å². The first-order valence-corrected chi connectivity index (χ1v) is 4.74. The molecule has 0 unspecified atom stereocenters. The first-order valence-electron chi connectivity index (χ1n) is 4.74. The third-order valence-electron chi connectivity index (χ3n) is 1.76. The van der Waals surface area contributed by atoms with E-state index in [-0.39, 0.29) is 6.61 Å². The Bertz CT molecular complexity index is 139. The molecular formula is C9H19NO3. The Morgan fingerprint density at radius 2 is 2.15 bits per heavy atom. The average Bonchev–Trinajstić information content (AvgIpc) is 2.10. The van der Waals surface area contributed by atoms with Crippen LogP contribution < -0.4 is 5.73 Å². The molecule has 0 radical (unpaired) electrons. The van der Waals surface area contributed by atoms with Gasteiger partial charge in [0.05, 0.1) is 6.61 Å². The number of aliphatic carboxylic acids is 1. The van der Waals surface area contributed by atoms with E-state index in [1.165, 1.54) is 12.8 Å². The minimum Gasteiger partial charge on any atom is -0.480 e. The fraction of sp³-hybridized carbons (Fsp3) is 0.889. The maximum Gasteiger partial charge on any atom is 0.322 e. The Morgan fingerprint density at radius 3 is 2.69 bits per heavy atom. The van der Waals surface area contributed by atoms with Gasteiger partial charge in [-0.05, 0) is 6.42 Å². The van der Waals surface area contributed by atoms with Gasteiger partial charge in [0.2, 0.25) is 0 Å². The van der Waals surface area contributed by atoms with Gasteiger partial charge in [0.25, 0.3) is 0 Å². The van der Waals surface area contributed by atoms with Gasteiger partial charge >= 0.3 is 5.97 Å². The second-order valence-corrected chi connectivity index (χ2v) is 3.08. The molecule has 1 atom stereocenters. The van der Waals surface area contributed by atoms with E-state index in [9.17, 15) is 4.79 Å². The van der Waals surface area contributed by atoms with E-state index in [2.05, 4.69) is 6.92 Å². The molecular weight excluding hydrogens is 170 g/mol. The fourth-order valence-corrected chi connectivity index (χ4v) is 0.912. The molecule has 0 aromatic carbocycles. The maximum absolute atomic E-state index is 10.3. The van der Waals surface area contributed by atoms with Crippen LogP contribution in [-0.4, -0.2) is 30.3 Å². The van der Waals surface area contributed by atoms with Gasteiger partial charge in [-0.3, -0.25) is 4.79 Å². The molecule has 0 fully saturated rings. The average molecular weight is 189 g/mol. The molecule has 3 N–H and O–H groups in total. The van der Waals surface area contributed by atoms with Gasteiger partial charge in [0.1, 0.15) is 6.04 Å². The Balaban J connectivity index is 3.11. The number of carbonyl (C=O) groups is 1. The summed E-state index contributed by atoms with van der Waals surface area (Å²) in [5, 5.41) is 8.42. The minimum absolute atomic E-state index is 0.113. The van der Waals surface area contributed by atoms with E-state index < -0.39 is 12.0 Å². The number of ether oxygens (including phenoxy) is 1. The molecule has 0 aliphatic rings. The lowest BCUT2D eigenvalue weighted by Gasteiger charge is -2.06. The maximum atomic E-state index is 10.3. The van der Waals surface area contributed by atoms with Gasteiger partial charge in [0.15, 0.2) is 0 Å². The van der Waals surface area contributed by atoms with Gasteiger partial charge in [-0.25, -0.2) is 0 Å². The molecule has 0 amide bonds. The highest BCUT2D eigenvalue weighted by atomic mass is 16.5. The molecule has 0 aromatic heterocycles. The molecule has 78 valence electrons. The largest absolute Gasteiger partial charge is 0.480 e. The molecule has 0 aromatic rings. The highest BCUT2D eigenvalue weighted by molar-refractivity contribution is 5.73. The molecule has 0 aliphatic heterocycles. The van der Waals surface area contributed by atoms with Gasteiger partial charge < -0.3 is 15.6 Å². The molecule has 0 aliphatic carbocycles. The van der Waals surface area contributed by atoms with E-state index in [4.69, 9.17) is 15.6 Å². The van der Waals surface area contributed by atoms with Crippen molar-refractivity contribution in [2.75, 3.05) is 13.2 Å². The zero-order valence-corrected chi connectivity index (χ0v) is 8.16. The highest BCUT2D eigenvalue weighted by Gasteiger charge is 2.10. The van der Waals surface area contributed by atoms with Crippen LogP contribution in [0.1, 0.15) is 32.6 Å².